The molecule has 1 fully saturated rings. The molecule has 1 heterocycles. The smallest absolute Gasteiger partial charge is 0.187 e. The van der Waals surface area contributed by atoms with Gasteiger partial charge in [0.1, 0.15) is 17.1 Å². The maximum atomic E-state index is 12.0. The molecule has 32 heavy (non-hydrogen) atoms. The van der Waals surface area contributed by atoms with Crippen LogP contribution in [0.3, 0.4) is 0 Å². The van der Waals surface area contributed by atoms with E-state index < -0.39 is 11.9 Å². The Morgan fingerprint density at radius 1 is 1.31 bits per heavy atom. The van der Waals surface area contributed by atoms with E-state index in [-0.39, 0.29) is 17.6 Å². The number of phenolic OH excluding ortho intramolecular Hbond substituents is 1. The summed E-state index contributed by atoms with van der Waals surface area (Å²) < 4.78 is 22.7. The monoisotopic (exact) mass is 466 g/mol. The first-order valence-electron chi connectivity index (χ1n) is 10.9. The van der Waals surface area contributed by atoms with Crippen LogP contribution in [-0.2, 0) is 25.4 Å². The zero-order chi connectivity index (χ0) is 24.1. The second-order valence-electron chi connectivity index (χ2n) is 8.26. The Bertz CT molecular complexity index is 881. The van der Waals surface area contributed by atoms with Crippen LogP contribution in [-0.4, -0.2) is 42.9 Å². The van der Waals surface area contributed by atoms with Gasteiger partial charge in [-0.3, -0.25) is 4.79 Å². The number of benzene rings is 1. The minimum atomic E-state index is -0.738. The van der Waals surface area contributed by atoms with Gasteiger partial charge >= 0.3 is 0 Å². The molecule has 1 aromatic carbocycles. The predicted octanol–water partition coefficient (Wildman–Crippen LogP) is 5.62. The van der Waals surface area contributed by atoms with E-state index in [1.165, 1.54) is 7.11 Å². The lowest BCUT2D eigenvalue weighted by Crippen LogP contribution is -2.27. The van der Waals surface area contributed by atoms with Crippen molar-refractivity contribution >= 4 is 17.4 Å². The lowest BCUT2D eigenvalue weighted by molar-refractivity contribution is -0.141. The van der Waals surface area contributed by atoms with Gasteiger partial charge in [0.25, 0.3) is 0 Å². The normalized spacial score (nSPS) is 18.8. The summed E-state index contributed by atoms with van der Waals surface area (Å²) in [7, 11) is 1.53. The van der Waals surface area contributed by atoms with Crippen LogP contribution >= 0.6 is 11.6 Å². The highest BCUT2D eigenvalue weighted by atomic mass is 35.5. The van der Waals surface area contributed by atoms with Crippen LogP contribution in [0.5, 0.6) is 11.5 Å². The Hall–Kier alpha value is -1.86. The van der Waals surface area contributed by atoms with Crippen LogP contribution < -0.4 is 4.74 Å². The van der Waals surface area contributed by atoms with Crippen LogP contribution in [0, 0.1) is 6.92 Å². The van der Waals surface area contributed by atoms with Gasteiger partial charge in [-0.2, -0.15) is 0 Å². The molecule has 0 spiro atoms. The SMILES string of the molecule is CCOC(OCC)c1c(C)c(Cl)c(OC)c(C/C=C(C)/C=C/[C@@H]2CC(=O)C(C)(C)O2)c1O. The fraction of sp³-hybridized carbons (Fsp3) is 0.560. The van der Waals surface area contributed by atoms with Gasteiger partial charge < -0.3 is 24.1 Å². The first-order valence-corrected chi connectivity index (χ1v) is 11.3. The van der Waals surface area contributed by atoms with Crippen molar-refractivity contribution in [1.29, 1.82) is 0 Å². The van der Waals surface area contributed by atoms with Crippen molar-refractivity contribution in [2.24, 2.45) is 0 Å². The Labute approximate surface area is 196 Å². The molecule has 0 aromatic heterocycles. The first kappa shape index (κ1) is 26.4. The first-order chi connectivity index (χ1) is 15.1. The second kappa shape index (κ2) is 11.3. The van der Waals surface area contributed by atoms with Crippen LogP contribution in [0.15, 0.2) is 23.8 Å². The van der Waals surface area contributed by atoms with Crippen molar-refractivity contribution in [1.82, 2.24) is 0 Å². The third kappa shape index (κ3) is 5.93. The van der Waals surface area contributed by atoms with E-state index in [0.29, 0.717) is 53.5 Å². The number of hydrogen-bond acceptors (Lipinski definition) is 6. The van der Waals surface area contributed by atoms with E-state index >= 15 is 0 Å². The second-order valence-corrected chi connectivity index (χ2v) is 8.64. The summed E-state index contributed by atoms with van der Waals surface area (Å²) in [5.41, 5.74) is 1.94. The molecule has 0 radical (unpaired) electrons. The average molecular weight is 467 g/mol. The number of allylic oxidation sites excluding steroid dienone is 3. The van der Waals surface area contributed by atoms with E-state index in [4.69, 9.17) is 30.5 Å². The number of ether oxygens (including phenoxy) is 4. The number of ketones is 1. The van der Waals surface area contributed by atoms with Crippen molar-refractivity contribution in [3.63, 3.8) is 0 Å². The van der Waals surface area contributed by atoms with Gasteiger partial charge in [-0.25, -0.2) is 0 Å². The Kier molecular flexibility index (Phi) is 9.34. The summed E-state index contributed by atoms with van der Waals surface area (Å²) in [4.78, 5) is 12.0. The number of phenols is 1. The fourth-order valence-electron chi connectivity index (χ4n) is 3.69. The van der Waals surface area contributed by atoms with Crippen LogP contribution in [0.4, 0.5) is 0 Å². The lowest BCUT2D eigenvalue weighted by atomic mass is 9.98. The molecule has 1 aliphatic rings. The number of hydrogen-bond donors (Lipinski definition) is 1. The zero-order valence-corrected chi connectivity index (χ0v) is 20.8. The van der Waals surface area contributed by atoms with Crippen molar-refractivity contribution in [2.45, 2.75) is 72.4 Å². The summed E-state index contributed by atoms with van der Waals surface area (Å²) in [5.74, 6) is 0.579. The Morgan fingerprint density at radius 2 is 1.94 bits per heavy atom. The summed E-state index contributed by atoms with van der Waals surface area (Å²) in [6.07, 6.45) is 5.57. The quantitative estimate of drug-likeness (QED) is 0.356. The van der Waals surface area contributed by atoms with E-state index in [1.54, 1.807) is 13.8 Å². The molecular weight excluding hydrogens is 432 g/mol. The van der Waals surface area contributed by atoms with Gasteiger partial charge in [-0.05, 0) is 53.5 Å². The lowest BCUT2D eigenvalue weighted by Gasteiger charge is -2.24. The topological polar surface area (TPSA) is 74.2 Å². The molecule has 0 saturated carbocycles. The molecule has 0 aliphatic carbocycles. The molecule has 2 rings (SSSR count). The summed E-state index contributed by atoms with van der Waals surface area (Å²) in [6, 6.07) is 0. The molecule has 178 valence electrons. The predicted molar refractivity (Wildman–Crippen MR) is 126 cm³/mol. The van der Waals surface area contributed by atoms with Crippen molar-refractivity contribution in [3.8, 4) is 11.5 Å². The molecule has 1 saturated heterocycles. The average Bonchev–Trinajstić information content (AvgIpc) is 3.00. The Balaban J connectivity index is 2.33. The number of halogens is 1. The molecule has 7 heteroatoms. The van der Waals surface area contributed by atoms with Crippen LogP contribution in [0.25, 0.3) is 0 Å². The number of methoxy groups -OCH3 is 1. The van der Waals surface area contributed by atoms with Crippen LogP contribution in [0.1, 0.15) is 64.0 Å². The molecule has 1 N–H and O–H groups in total. The van der Waals surface area contributed by atoms with Gasteiger partial charge in [0.2, 0.25) is 0 Å². The molecule has 1 atom stereocenters. The maximum Gasteiger partial charge on any atom is 0.187 e. The third-order valence-electron chi connectivity index (χ3n) is 5.53. The largest absolute Gasteiger partial charge is 0.507 e. The Morgan fingerprint density at radius 3 is 2.44 bits per heavy atom. The maximum absolute atomic E-state index is 12.0. The number of aromatic hydroxyl groups is 1. The number of carbonyl (C=O) groups excluding carboxylic acids is 1. The van der Waals surface area contributed by atoms with Crippen molar-refractivity contribution in [3.05, 3.63) is 45.5 Å². The van der Waals surface area contributed by atoms with Crippen molar-refractivity contribution < 1.29 is 28.8 Å². The highest BCUT2D eigenvalue weighted by molar-refractivity contribution is 6.33. The fourth-order valence-corrected chi connectivity index (χ4v) is 3.98. The highest BCUT2D eigenvalue weighted by Gasteiger charge is 2.38. The molecule has 1 aromatic rings. The number of Topliss-reactive ketones (excluding diaryl/α,β-unsaturated/α-hetero) is 1. The van der Waals surface area contributed by atoms with Gasteiger partial charge in [0.15, 0.2) is 12.1 Å². The van der Waals surface area contributed by atoms with Gasteiger partial charge in [-0.15, -0.1) is 0 Å². The molecule has 1 aliphatic heterocycles. The third-order valence-corrected chi connectivity index (χ3v) is 5.98. The van der Waals surface area contributed by atoms with E-state index in [2.05, 4.69) is 0 Å². The van der Waals surface area contributed by atoms with Crippen molar-refractivity contribution in [2.75, 3.05) is 20.3 Å². The van der Waals surface area contributed by atoms with Crippen LogP contribution in [0.2, 0.25) is 5.02 Å². The standard InChI is InChI=1S/C25H35ClO6/c1-8-30-24(31-9-2)20-16(4)21(26)23(29-7)18(22(20)28)13-11-15(3)10-12-17-14-19(27)25(5,6)32-17/h10-12,17,24,28H,8-9,13-14H2,1-7H3/b12-10+,15-11+/t17-/m1/s1. The van der Waals surface area contributed by atoms with E-state index in [1.807, 2.05) is 45.9 Å². The minimum absolute atomic E-state index is 0.0511. The highest BCUT2D eigenvalue weighted by Crippen LogP contribution is 2.45. The number of rotatable bonds is 10. The summed E-state index contributed by atoms with van der Waals surface area (Å²) in [6.45, 7) is 11.9. The van der Waals surface area contributed by atoms with Gasteiger partial charge in [-0.1, -0.05) is 35.4 Å². The minimum Gasteiger partial charge on any atom is -0.507 e. The molecule has 0 unspecified atom stereocenters. The molecule has 0 amide bonds. The summed E-state index contributed by atoms with van der Waals surface area (Å²) in [5, 5.41) is 11.5. The molecule has 0 bridgehead atoms. The van der Waals surface area contributed by atoms with E-state index in [9.17, 15) is 9.90 Å². The molecule has 6 nitrogen and oxygen atoms in total. The van der Waals surface area contributed by atoms with Gasteiger partial charge in [0, 0.05) is 25.2 Å². The summed E-state index contributed by atoms with van der Waals surface area (Å²) >= 11 is 6.59. The number of carbonyl (C=O) groups is 1. The molecular formula is C25H35ClO6. The van der Waals surface area contributed by atoms with Gasteiger partial charge in [0.05, 0.1) is 23.8 Å². The van der Waals surface area contributed by atoms with E-state index in [0.717, 1.165) is 5.57 Å². The zero-order valence-electron chi connectivity index (χ0n) is 20.1.